The van der Waals surface area contributed by atoms with Crippen LogP contribution in [-0.4, -0.2) is 32.7 Å². The van der Waals surface area contributed by atoms with Crippen molar-refractivity contribution in [1.29, 1.82) is 0 Å². The lowest BCUT2D eigenvalue weighted by molar-refractivity contribution is 0.0730. The molecule has 170 valence electrons. The second kappa shape index (κ2) is 9.08. The molecule has 0 aliphatic carbocycles. The largest absolute Gasteiger partial charge is 0.507 e. The zero-order valence-electron chi connectivity index (χ0n) is 18.2. The molecule has 0 saturated carbocycles. The molecule has 4 aromatic rings. The van der Waals surface area contributed by atoms with Crippen LogP contribution in [0.25, 0.3) is 11.3 Å². The maximum Gasteiger partial charge on any atom is 0.273 e. The molecule has 7 heteroatoms. The molecule has 0 fully saturated rings. The van der Waals surface area contributed by atoms with Crippen LogP contribution in [-0.2, 0) is 6.54 Å². The molecule has 1 amide bonds. The Balaban J connectivity index is 1.62. The van der Waals surface area contributed by atoms with Crippen molar-refractivity contribution in [3.63, 3.8) is 0 Å². The molecule has 2 N–H and O–H groups in total. The van der Waals surface area contributed by atoms with E-state index in [9.17, 15) is 9.90 Å². The number of aromatic hydroxyl groups is 1. The summed E-state index contributed by atoms with van der Waals surface area (Å²) in [5.74, 6) is 0.596. The second-order valence-electron chi connectivity index (χ2n) is 8.01. The van der Waals surface area contributed by atoms with E-state index in [-0.39, 0.29) is 11.7 Å². The predicted molar refractivity (Wildman–Crippen MR) is 131 cm³/mol. The van der Waals surface area contributed by atoms with E-state index in [2.05, 4.69) is 16.8 Å². The summed E-state index contributed by atoms with van der Waals surface area (Å²) >= 11 is 6.21. The van der Waals surface area contributed by atoms with Gasteiger partial charge in [-0.05, 0) is 41.5 Å². The van der Waals surface area contributed by atoms with Crippen LogP contribution in [0.2, 0.25) is 5.02 Å². The van der Waals surface area contributed by atoms with Crippen molar-refractivity contribution in [3.05, 3.63) is 113 Å². The van der Waals surface area contributed by atoms with Crippen LogP contribution in [0.15, 0.2) is 85.5 Å². The minimum absolute atomic E-state index is 0.0413. The fraction of sp³-hybridized carbons (Fsp3) is 0.111. The highest BCUT2D eigenvalue weighted by molar-refractivity contribution is 6.31. The molecule has 1 aliphatic rings. The summed E-state index contributed by atoms with van der Waals surface area (Å²) in [7, 11) is 0. The number of amides is 1. The highest BCUT2D eigenvalue weighted by Crippen LogP contribution is 2.45. The van der Waals surface area contributed by atoms with Crippen molar-refractivity contribution in [2.75, 3.05) is 6.61 Å². The van der Waals surface area contributed by atoms with Crippen molar-refractivity contribution >= 4 is 17.5 Å². The molecule has 2 heterocycles. The van der Waals surface area contributed by atoms with E-state index in [0.717, 1.165) is 11.1 Å². The Morgan fingerprint density at radius 1 is 1.12 bits per heavy atom. The molecule has 5 rings (SSSR count). The summed E-state index contributed by atoms with van der Waals surface area (Å²) in [4.78, 5) is 15.3. The number of H-pyrrole nitrogens is 1. The molecule has 1 aliphatic heterocycles. The van der Waals surface area contributed by atoms with Gasteiger partial charge in [-0.15, -0.1) is 0 Å². The van der Waals surface area contributed by atoms with Crippen LogP contribution in [0.3, 0.4) is 0 Å². The number of phenolic OH excluding ortho intramolecular Hbond substituents is 1. The number of ether oxygens (including phenoxy) is 1. The zero-order valence-corrected chi connectivity index (χ0v) is 19.0. The summed E-state index contributed by atoms with van der Waals surface area (Å²) < 4.78 is 5.63. The number of aromatic amines is 1. The van der Waals surface area contributed by atoms with Gasteiger partial charge in [0.05, 0.1) is 6.04 Å². The fourth-order valence-electron chi connectivity index (χ4n) is 4.29. The van der Waals surface area contributed by atoms with Gasteiger partial charge in [-0.1, -0.05) is 66.7 Å². The second-order valence-corrected chi connectivity index (χ2v) is 8.45. The molecule has 1 aromatic heterocycles. The Labute approximate surface area is 202 Å². The molecule has 1 atom stereocenters. The monoisotopic (exact) mass is 471 g/mol. The van der Waals surface area contributed by atoms with Gasteiger partial charge in [0.2, 0.25) is 0 Å². The topological polar surface area (TPSA) is 78.5 Å². The number of benzene rings is 3. The number of hydrogen-bond donors (Lipinski definition) is 2. The lowest BCUT2D eigenvalue weighted by atomic mass is 9.95. The minimum Gasteiger partial charge on any atom is -0.507 e. The van der Waals surface area contributed by atoms with Crippen LogP contribution in [0.4, 0.5) is 0 Å². The van der Waals surface area contributed by atoms with Crippen molar-refractivity contribution < 1.29 is 14.6 Å². The van der Waals surface area contributed by atoms with Crippen LogP contribution in [0.5, 0.6) is 11.5 Å². The Kier molecular flexibility index (Phi) is 5.82. The summed E-state index contributed by atoms with van der Waals surface area (Å²) in [6, 6.07) is 21.8. The first-order valence-corrected chi connectivity index (χ1v) is 11.2. The van der Waals surface area contributed by atoms with E-state index in [4.69, 9.17) is 16.3 Å². The van der Waals surface area contributed by atoms with E-state index < -0.39 is 6.04 Å². The number of halogens is 1. The lowest BCUT2D eigenvalue weighted by Crippen LogP contribution is -2.29. The molecule has 6 nitrogen and oxygen atoms in total. The Hall–Kier alpha value is -4.03. The smallest absolute Gasteiger partial charge is 0.273 e. The van der Waals surface area contributed by atoms with Crippen molar-refractivity contribution in [2.45, 2.75) is 12.6 Å². The molecular formula is C27H22ClN3O3. The number of carbonyl (C=O) groups excluding carboxylic acids is 1. The average Bonchev–Trinajstić information content (AvgIpc) is 3.39. The van der Waals surface area contributed by atoms with Crippen LogP contribution < -0.4 is 4.74 Å². The molecule has 3 aromatic carbocycles. The molecule has 34 heavy (non-hydrogen) atoms. The van der Waals surface area contributed by atoms with Crippen LogP contribution in [0, 0.1) is 0 Å². The van der Waals surface area contributed by atoms with E-state index in [1.807, 2.05) is 59.5 Å². The van der Waals surface area contributed by atoms with Crippen molar-refractivity contribution in [1.82, 2.24) is 15.1 Å². The number of carbonyl (C=O) groups is 1. The van der Waals surface area contributed by atoms with Gasteiger partial charge in [-0.3, -0.25) is 9.89 Å². The van der Waals surface area contributed by atoms with Gasteiger partial charge < -0.3 is 14.7 Å². The summed E-state index contributed by atoms with van der Waals surface area (Å²) in [6.45, 7) is 4.50. The number of rotatable bonds is 7. The maximum absolute atomic E-state index is 13.5. The fourth-order valence-corrected chi connectivity index (χ4v) is 4.46. The van der Waals surface area contributed by atoms with E-state index in [1.54, 1.807) is 18.2 Å². The summed E-state index contributed by atoms with van der Waals surface area (Å²) in [5.41, 5.74) is 3.99. The van der Waals surface area contributed by atoms with Gasteiger partial charge in [0.15, 0.2) is 0 Å². The molecular weight excluding hydrogens is 450 g/mol. The third kappa shape index (κ3) is 3.93. The first-order chi connectivity index (χ1) is 16.6. The van der Waals surface area contributed by atoms with E-state index in [0.29, 0.717) is 46.4 Å². The lowest BCUT2D eigenvalue weighted by Gasteiger charge is -2.26. The highest BCUT2D eigenvalue weighted by atomic mass is 35.5. The number of hydrogen-bond acceptors (Lipinski definition) is 4. The van der Waals surface area contributed by atoms with Crippen LogP contribution >= 0.6 is 11.6 Å². The van der Waals surface area contributed by atoms with Gasteiger partial charge >= 0.3 is 0 Å². The van der Waals surface area contributed by atoms with Gasteiger partial charge in [0, 0.05) is 22.7 Å². The third-order valence-corrected chi connectivity index (χ3v) is 6.07. The number of fused-ring (bicyclic) bond motifs is 1. The minimum atomic E-state index is -0.414. The van der Waals surface area contributed by atoms with Gasteiger partial charge in [-0.2, -0.15) is 5.10 Å². The molecule has 1 unspecified atom stereocenters. The van der Waals surface area contributed by atoms with Gasteiger partial charge in [0.25, 0.3) is 5.91 Å². The van der Waals surface area contributed by atoms with Gasteiger partial charge in [0.1, 0.15) is 29.5 Å². The maximum atomic E-state index is 13.5. The predicted octanol–water partition coefficient (Wildman–Crippen LogP) is 5.75. The van der Waals surface area contributed by atoms with E-state index in [1.165, 1.54) is 6.07 Å². The first-order valence-electron chi connectivity index (χ1n) is 10.8. The number of nitrogens with one attached hydrogen (secondary N) is 1. The summed E-state index contributed by atoms with van der Waals surface area (Å²) in [6.07, 6.45) is 1.69. The first kappa shape index (κ1) is 21.8. The Morgan fingerprint density at radius 2 is 1.88 bits per heavy atom. The summed E-state index contributed by atoms with van der Waals surface area (Å²) in [5, 5.41) is 18.3. The molecule has 0 spiro atoms. The average molecular weight is 472 g/mol. The van der Waals surface area contributed by atoms with Crippen LogP contribution in [0.1, 0.15) is 33.2 Å². The Bertz CT molecular complexity index is 1350. The highest BCUT2D eigenvalue weighted by Gasteiger charge is 2.42. The van der Waals surface area contributed by atoms with Gasteiger partial charge in [-0.25, -0.2) is 0 Å². The quantitative estimate of drug-likeness (QED) is 0.336. The third-order valence-electron chi connectivity index (χ3n) is 5.84. The number of aromatic nitrogens is 2. The van der Waals surface area contributed by atoms with Crippen molar-refractivity contribution in [3.8, 4) is 22.8 Å². The SMILES string of the molecule is C=CCOc1ccc(C2c3c(-c4cc(Cl)ccc4O)n[nH]c3C(=O)N2Cc2ccccc2)cc1. The normalized spacial score (nSPS) is 14.8. The number of phenols is 1. The van der Waals surface area contributed by atoms with E-state index >= 15 is 0 Å². The number of nitrogens with zero attached hydrogens (tertiary/aromatic N) is 2. The Morgan fingerprint density at radius 3 is 2.62 bits per heavy atom. The molecule has 0 bridgehead atoms. The molecule has 0 saturated heterocycles. The standard InChI is InChI=1S/C27H22ClN3O3/c1-2-14-34-20-11-8-18(9-12-20)26-23-24(21-15-19(28)10-13-22(21)32)29-30-25(23)27(33)31(26)16-17-6-4-3-5-7-17/h2-13,15,26,32H,1,14,16H2,(H,29,30). The van der Waals surface area contributed by atoms with Crippen molar-refractivity contribution in [2.24, 2.45) is 0 Å². The zero-order chi connectivity index (χ0) is 23.7. The molecule has 0 radical (unpaired) electrons.